The van der Waals surface area contributed by atoms with E-state index >= 15 is 0 Å². The van der Waals surface area contributed by atoms with Crippen LogP contribution in [0.1, 0.15) is 37.7 Å². The summed E-state index contributed by atoms with van der Waals surface area (Å²) in [5.74, 6) is 1.10. The number of benzene rings is 2. The van der Waals surface area contributed by atoms with Crippen molar-refractivity contribution in [1.82, 2.24) is 10.2 Å². The van der Waals surface area contributed by atoms with Crippen LogP contribution in [0.25, 0.3) is 10.8 Å². The van der Waals surface area contributed by atoms with Crippen LogP contribution >= 0.6 is 12.2 Å². The number of nitrogens with one attached hydrogen (secondary N) is 1. The van der Waals surface area contributed by atoms with Crippen LogP contribution in [-0.4, -0.2) is 35.0 Å². The lowest BCUT2D eigenvalue weighted by atomic mass is 9.96. The zero-order chi connectivity index (χ0) is 17.1. The third-order valence-corrected chi connectivity index (χ3v) is 5.67. The van der Waals surface area contributed by atoms with Gasteiger partial charge < -0.3 is 10.2 Å². The van der Waals surface area contributed by atoms with E-state index in [9.17, 15) is 0 Å². The molecule has 0 atom stereocenters. The van der Waals surface area contributed by atoms with Gasteiger partial charge in [0.25, 0.3) is 0 Å². The first kappa shape index (κ1) is 16.5. The van der Waals surface area contributed by atoms with Gasteiger partial charge in [0.2, 0.25) is 0 Å². The quantitative estimate of drug-likeness (QED) is 0.836. The van der Waals surface area contributed by atoms with E-state index in [2.05, 4.69) is 52.7 Å². The number of aliphatic imine (C=N–C) groups is 1. The molecule has 0 unspecified atom stereocenters. The van der Waals surface area contributed by atoms with Crippen LogP contribution in [0.4, 0.5) is 0 Å². The van der Waals surface area contributed by atoms with E-state index in [0.717, 1.165) is 30.5 Å². The van der Waals surface area contributed by atoms with Gasteiger partial charge in [0.05, 0.1) is 6.54 Å². The van der Waals surface area contributed by atoms with Gasteiger partial charge in [-0.1, -0.05) is 61.7 Å². The predicted molar refractivity (Wildman–Crippen MR) is 109 cm³/mol. The number of amidine groups is 1. The molecule has 25 heavy (non-hydrogen) atoms. The van der Waals surface area contributed by atoms with E-state index in [-0.39, 0.29) is 0 Å². The Bertz CT molecular complexity index is 787. The average Bonchev–Trinajstić information content (AvgIpc) is 3.11. The second kappa shape index (κ2) is 7.52. The summed E-state index contributed by atoms with van der Waals surface area (Å²) in [6.45, 7) is 1.74. The molecule has 2 aromatic rings. The Morgan fingerprint density at radius 1 is 1.08 bits per heavy atom. The maximum absolute atomic E-state index is 5.72. The Labute approximate surface area is 155 Å². The molecule has 0 aromatic heterocycles. The molecule has 4 rings (SSSR count). The Balaban J connectivity index is 1.48. The van der Waals surface area contributed by atoms with E-state index in [1.165, 1.54) is 48.4 Å². The highest BCUT2D eigenvalue weighted by atomic mass is 32.1. The lowest BCUT2D eigenvalue weighted by Crippen LogP contribution is -2.47. The number of hydrogen-bond donors (Lipinski definition) is 1. The SMILES string of the molecule is S=C(NC1CCCCC1)N1CCN=C1Cc1cccc2ccccc12. The van der Waals surface area contributed by atoms with Crippen molar-refractivity contribution in [2.45, 2.75) is 44.6 Å². The summed E-state index contributed by atoms with van der Waals surface area (Å²) in [7, 11) is 0. The molecule has 1 fully saturated rings. The maximum Gasteiger partial charge on any atom is 0.174 e. The van der Waals surface area contributed by atoms with Gasteiger partial charge in [-0.3, -0.25) is 4.99 Å². The van der Waals surface area contributed by atoms with Gasteiger partial charge >= 0.3 is 0 Å². The minimum absolute atomic E-state index is 0.542. The van der Waals surface area contributed by atoms with Gasteiger partial charge in [0.1, 0.15) is 5.84 Å². The number of rotatable bonds is 3. The second-order valence-electron chi connectivity index (χ2n) is 7.05. The van der Waals surface area contributed by atoms with Crippen molar-refractivity contribution in [2.24, 2.45) is 4.99 Å². The van der Waals surface area contributed by atoms with Crippen molar-refractivity contribution in [1.29, 1.82) is 0 Å². The van der Waals surface area contributed by atoms with Crippen LogP contribution in [0.5, 0.6) is 0 Å². The van der Waals surface area contributed by atoms with Crippen molar-refractivity contribution < 1.29 is 0 Å². The first-order valence-corrected chi connectivity index (χ1v) is 9.80. The fourth-order valence-corrected chi connectivity index (χ4v) is 4.34. The van der Waals surface area contributed by atoms with Crippen LogP contribution in [0.15, 0.2) is 47.5 Å². The first-order chi connectivity index (χ1) is 12.3. The highest BCUT2D eigenvalue weighted by Crippen LogP contribution is 2.21. The number of fused-ring (bicyclic) bond motifs is 1. The standard InChI is InChI=1S/C21H25N3S/c25-21(23-18-10-2-1-3-11-18)24-14-13-22-20(24)15-17-9-6-8-16-7-4-5-12-19(16)17/h4-9,12,18H,1-3,10-11,13-15H2,(H,23,25). The molecule has 1 aliphatic heterocycles. The normalized spacial score (nSPS) is 18.4. The Morgan fingerprint density at radius 3 is 2.76 bits per heavy atom. The number of nitrogens with zero attached hydrogens (tertiary/aromatic N) is 2. The summed E-state index contributed by atoms with van der Waals surface area (Å²) in [6.07, 6.45) is 7.32. The highest BCUT2D eigenvalue weighted by Gasteiger charge is 2.24. The summed E-state index contributed by atoms with van der Waals surface area (Å²) in [6, 6.07) is 15.6. The van der Waals surface area contributed by atoms with Crippen molar-refractivity contribution in [3.63, 3.8) is 0 Å². The molecule has 0 bridgehead atoms. The Morgan fingerprint density at radius 2 is 1.88 bits per heavy atom. The van der Waals surface area contributed by atoms with E-state index in [1.54, 1.807) is 0 Å². The fraction of sp³-hybridized carbons (Fsp3) is 0.429. The molecule has 0 radical (unpaired) electrons. The summed E-state index contributed by atoms with van der Waals surface area (Å²) in [4.78, 5) is 6.96. The van der Waals surface area contributed by atoms with Gasteiger partial charge in [-0.15, -0.1) is 0 Å². The minimum atomic E-state index is 0.542. The number of thiocarbonyl (C=S) groups is 1. The zero-order valence-electron chi connectivity index (χ0n) is 14.6. The molecule has 3 nitrogen and oxygen atoms in total. The summed E-state index contributed by atoms with van der Waals surface area (Å²) in [5.41, 5.74) is 1.32. The topological polar surface area (TPSA) is 27.6 Å². The molecule has 0 spiro atoms. The third kappa shape index (κ3) is 3.69. The van der Waals surface area contributed by atoms with E-state index in [0.29, 0.717) is 6.04 Å². The van der Waals surface area contributed by atoms with Crippen molar-refractivity contribution >= 4 is 33.9 Å². The molecule has 1 N–H and O–H groups in total. The van der Waals surface area contributed by atoms with Crippen LogP contribution in [0, 0.1) is 0 Å². The lowest BCUT2D eigenvalue weighted by molar-refractivity contribution is 0.406. The van der Waals surface area contributed by atoms with E-state index in [4.69, 9.17) is 17.2 Å². The largest absolute Gasteiger partial charge is 0.360 e. The predicted octanol–water partition coefficient (Wildman–Crippen LogP) is 4.30. The van der Waals surface area contributed by atoms with Gasteiger partial charge in [-0.25, -0.2) is 0 Å². The van der Waals surface area contributed by atoms with Crippen LogP contribution in [0.2, 0.25) is 0 Å². The first-order valence-electron chi connectivity index (χ1n) is 9.39. The molecular formula is C21H25N3S. The van der Waals surface area contributed by atoms with Gasteiger partial charge in [0, 0.05) is 19.0 Å². The van der Waals surface area contributed by atoms with Crippen molar-refractivity contribution in [3.05, 3.63) is 48.0 Å². The van der Waals surface area contributed by atoms with E-state index in [1.807, 2.05) is 0 Å². The second-order valence-corrected chi connectivity index (χ2v) is 7.44. The molecular weight excluding hydrogens is 326 g/mol. The molecule has 2 aromatic carbocycles. The molecule has 2 aliphatic rings. The molecule has 1 aliphatic carbocycles. The number of hydrogen-bond acceptors (Lipinski definition) is 2. The van der Waals surface area contributed by atoms with Crippen molar-refractivity contribution in [2.75, 3.05) is 13.1 Å². The van der Waals surface area contributed by atoms with Gasteiger partial charge in [0.15, 0.2) is 5.11 Å². The van der Waals surface area contributed by atoms with Gasteiger partial charge in [-0.2, -0.15) is 0 Å². The monoisotopic (exact) mass is 351 g/mol. The molecule has 0 amide bonds. The van der Waals surface area contributed by atoms with Crippen molar-refractivity contribution in [3.8, 4) is 0 Å². The minimum Gasteiger partial charge on any atom is -0.360 e. The summed E-state index contributed by atoms with van der Waals surface area (Å²) < 4.78 is 0. The summed E-state index contributed by atoms with van der Waals surface area (Å²) >= 11 is 5.72. The molecule has 0 saturated heterocycles. The highest BCUT2D eigenvalue weighted by molar-refractivity contribution is 7.80. The smallest absolute Gasteiger partial charge is 0.174 e. The van der Waals surface area contributed by atoms with Crippen LogP contribution < -0.4 is 5.32 Å². The van der Waals surface area contributed by atoms with Crippen LogP contribution in [0.3, 0.4) is 0 Å². The maximum atomic E-state index is 5.72. The summed E-state index contributed by atoms with van der Waals surface area (Å²) in [5, 5.41) is 7.05. The molecule has 4 heteroatoms. The van der Waals surface area contributed by atoms with E-state index < -0.39 is 0 Å². The lowest BCUT2D eigenvalue weighted by Gasteiger charge is -2.29. The fourth-order valence-electron chi connectivity index (χ4n) is 3.98. The molecule has 1 saturated carbocycles. The molecule has 130 valence electrons. The third-order valence-electron chi connectivity index (χ3n) is 5.34. The average molecular weight is 352 g/mol. The van der Waals surface area contributed by atoms with Crippen LogP contribution in [-0.2, 0) is 6.42 Å². The van der Waals surface area contributed by atoms with Gasteiger partial charge in [-0.05, 0) is 41.4 Å². The zero-order valence-corrected chi connectivity index (χ0v) is 15.4. The Hall–Kier alpha value is -1.94. The Kier molecular flexibility index (Phi) is 4.97. The molecule has 1 heterocycles.